The number of imide groups is 1. The third-order valence-electron chi connectivity index (χ3n) is 5.19. The third-order valence-corrected chi connectivity index (χ3v) is 5.19. The molecule has 160 valence electrons. The highest BCUT2D eigenvalue weighted by molar-refractivity contribution is 6.26. The fourth-order valence-electron chi connectivity index (χ4n) is 3.68. The van der Waals surface area contributed by atoms with E-state index in [9.17, 15) is 14.4 Å². The molecule has 3 amide bonds. The lowest BCUT2D eigenvalue weighted by Crippen LogP contribution is -2.41. The van der Waals surface area contributed by atoms with Gasteiger partial charge in [0.2, 0.25) is 5.91 Å². The van der Waals surface area contributed by atoms with Crippen LogP contribution in [-0.2, 0) is 4.79 Å². The van der Waals surface area contributed by atoms with Gasteiger partial charge in [-0.15, -0.1) is 0 Å². The van der Waals surface area contributed by atoms with Gasteiger partial charge in [-0.2, -0.15) is 0 Å². The minimum Gasteiger partial charge on any atom is -0.330 e. The molecule has 3 rings (SSSR count). The van der Waals surface area contributed by atoms with Gasteiger partial charge in [0.25, 0.3) is 11.8 Å². The van der Waals surface area contributed by atoms with E-state index < -0.39 is 0 Å². The Labute approximate surface area is 176 Å². The Morgan fingerprint density at radius 3 is 2.40 bits per heavy atom. The summed E-state index contributed by atoms with van der Waals surface area (Å²) in [6.45, 7) is 2.67. The summed E-state index contributed by atoms with van der Waals surface area (Å²) in [7, 11) is 0. The Bertz CT molecular complexity index is 944. The maximum atomic E-state index is 13.1. The first kappa shape index (κ1) is 21.9. The number of hydrogen-bond donors (Lipinski definition) is 4. The van der Waals surface area contributed by atoms with E-state index in [4.69, 9.17) is 11.5 Å². The number of nitrogens with two attached hydrogens (primary N) is 2. The van der Waals surface area contributed by atoms with Crippen molar-refractivity contribution in [3.8, 4) is 0 Å². The van der Waals surface area contributed by atoms with Crippen LogP contribution in [0.15, 0.2) is 30.3 Å². The molecule has 2 aromatic carbocycles. The molecule has 1 aliphatic heterocycles. The molecule has 0 aliphatic carbocycles. The molecule has 0 unspecified atom stereocenters. The highest BCUT2D eigenvalue weighted by Crippen LogP contribution is 2.32. The molecule has 0 atom stereocenters. The van der Waals surface area contributed by atoms with Gasteiger partial charge in [0.05, 0.1) is 12.1 Å². The summed E-state index contributed by atoms with van der Waals surface area (Å²) in [6, 6.07) is 8.73. The molecule has 8 heteroatoms. The molecule has 0 spiro atoms. The lowest BCUT2D eigenvalue weighted by Gasteiger charge is -2.27. The summed E-state index contributed by atoms with van der Waals surface area (Å²) < 4.78 is 0. The quantitative estimate of drug-likeness (QED) is 0.327. The molecule has 0 saturated heterocycles. The molecule has 2 aromatic rings. The van der Waals surface area contributed by atoms with Crippen LogP contribution in [0.3, 0.4) is 0 Å². The first-order valence-corrected chi connectivity index (χ1v) is 10.4. The van der Waals surface area contributed by atoms with Gasteiger partial charge < -0.3 is 22.1 Å². The van der Waals surface area contributed by atoms with Gasteiger partial charge in [-0.05, 0) is 68.9 Å². The lowest BCUT2D eigenvalue weighted by atomic mass is 9.93. The summed E-state index contributed by atoms with van der Waals surface area (Å²) in [4.78, 5) is 39.0. The molecule has 0 radical (unpaired) electrons. The second-order valence-electron chi connectivity index (χ2n) is 7.39. The Morgan fingerprint density at radius 2 is 1.67 bits per heavy atom. The van der Waals surface area contributed by atoms with Crippen molar-refractivity contribution >= 4 is 34.2 Å². The first-order valence-electron chi connectivity index (χ1n) is 10.4. The van der Waals surface area contributed by atoms with Gasteiger partial charge in [0.15, 0.2) is 0 Å². The van der Waals surface area contributed by atoms with Crippen LogP contribution < -0.4 is 22.1 Å². The molecule has 1 aliphatic rings. The van der Waals surface area contributed by atoms with Crippen molar-refractivity contribution in [3.63, 3.8) is 0 Å². The highest BCUT2D eigenvalue weighted by Gasteiger charge is 2.32. The van der Waals surface area contributed by atoms with Crippen molar-refractivity contribution in [2.24, 2.45) is 11.5 Å². The molecular formula is C22H29N5O3. The van der Waals surface area contributed by atoms with Crippen LogP contribution in [0, 0.1) is 0 Å². The van der Waals surface area contributed by atoms with Crippen LogP contribution in [0.2, 0.25) is 0 Å². The van der Waals surface area contributed by atoms with E-state index in [1.807, 2.05) is 6.07 Å². The predicted molar refractivity (Wildman–Crippen MR) is 117 cm³/mol. The van der Waals surface area contributed by atoms with E-state index in [1.54, 1.807) is 24.3 Å². The second kappa shape index (κ2) is 10.3. The van der Waals surface area contributed by atoms with Crippen LogP contribution in [0.5, 0.6) is 0 Å². The van der Waals surface area contributed by atoms with E-state index in [-0.39, 0.29) is 24.3 Å². The van der Waals surface area contributed by atoms with Gasteiger partial charge in [0, 0.05) is 23.2 Å². The zero-order chi connectivity index (χ0) is 21.5. The van der Waals surface area contributed by atoms with Crippen molar-refractivity contribution in [2.45, 2.75) is 25.7 Å². The number of hydrogen-bond acceptors (Lipinski definition) is 6. The van der Waals surface area contributed by atoms with Crippen LogP contribution in [0.1, 0.15) is 46.4 Å². The number of anilines is 1. The summed E-state index contributed by atoms with van der Waals surface area (Å²) in [5.41, 5.74) is 12.3. The second-order valence-corrected chi connectivity index (χ2v) is 7.39. The minimum absolute atomic E-state index is 0.147. The number of nitrogens with one attached hydrogen (secondary N) is 2. The number of nitrogens with zero attached hydrogens (tertiary/aromatic N) is 1. The molecule has 6 N–H and O–H groups in total. The van der Waals surface area contributed by atoms with E-state index in [0.717, 1.165) is 44.2 Å². The Balaban J connectivity index is 1.72. The minimum atomic E-state index is -0.340. The summed E-state index contributed by atoms with van der Waals surface area (Å²) >= 11 is 0. The van der Waals surface area contributed by atoms with E-state index >= 15 is 0 Å². The van der Waals surface area contributed by atoms with Crippen LogP contribution in [0.25, 0.3) is 10.8 Å². The zero-order valence-electron chi connectivity index (χ0n) is 17.1. The maximum absolute atomic E-state index is 13.1. The number of unbranched alkanes of at least 4 members (excludes halogenated alkanes) is 2. The molecule has 30 heavy (non-hydrogen) atoms. The number of carbonyl (C=O) groups excluding carboxylic acids is 3. The normalized spacial score (nSPS) is 13.2. The smallest absolute Gasteiger partial charge is 0.261 e. The van der Waals surface area contributed by atoms with Gasteiger partial charge in [-0.3, -0.25) is 19.3 Å². The van der Waals surface area contributed by atoms with Gasteiger partial charge in [-0.25, -0.2) is 0 Å². The van der Waals surface area contributed by atoms with E-state index in [1.165, 1.54) is 4.90 Å². The number of rotatable bonds is 11. The molecule has 0 bridgehead atoms. The average Bonchev–Trinajstić information content (AvgIpc) is 2.75. The van der Waals surface area contributed by atoms with Crippen molar-refractivity contribution in [2.75, 3.05) is 38.0 Å². The van der Waals surface area contributed by atoms with Crippen molar-refractivity contribution < 1.29 is 14.4 Å². The van der Waals surface area contributed by atoms with Crippen molar-refractivity contribution in [1.82, 2.24) is 10.2 Å². The zero-order valence-corrected chi connectivity index (χ0v) is 17.1. The van der Waals surface area contributed by atoms with Crippen molar-refractivity contribution in [1.29, 1.82) is 0 Å². The topological polar surface area (TPSA) is 131 Å². The summed E-state index contributed by atoms with van der Waals surface area (Å²) in [5.74, 6) is -0.941. The Hall–Kier alpha value is -2.81. The molecule has 8 nitrogen and oxygen atoms in total. The predicted octanol–water partition coefficient (Wildman–Crippen LogP) is 1.44. The molecule has 1 heterocycles. The number of carbonyl (C=O) groups is 3. The summed E-state index contributed by atoms with van der Waals surface area (Å²) in [5, 5.41) is 7.41. The average molecular weight is 412 g/mol. The standard InChI is InChI=1S/C22H29N5O3/c23-8-1-2-9-25-10-3-4-11-27-21(29)17-7-5-6-15-12-16(26-19(28)14-24)13-18(20(15)17)22(27)30/h5-7,12-13,25H,1-4,8-11,14,23-24H2,(H,26,28). The Morgan fingerprint density at radius 1 is 0.933 bits per heavy atom. The molecule has 0 aromatic heterocycles. The molecule has 0 saturated carbocycles. The Kier molecular flexibility index (Phi) is 7.51. The van der Waals surface area contributed by atoms with E-state index in [2.05, 4.69) is 10.6 Å². The van der Waals surface area contributed by atoms with Gasteiger partial charge >= 0.3 is 0 Å². The van der Waals surface area contributed by atoms with Crippen LogP contribution >= 0.6 is 0 Å². The highest BCUT2D eigenvalue weighted by atomic mass is 16.2. The third kappa shape index (κ3) is 4.84. The first-order chi connectivity index (χ1) is 14.6. The van der Waals surface area contributed by atoms with Crippen molar-refractivity contribution in [3.05, 3.63) is 41.5 Å². The fraction of sp³-hybridized carbons (Fsp3) is 0.409. The van der Waals surface area contributed by atoms with Gasteiger partial charge in [-0.1, -0.05) is 12.1 Å². The lowest BCUT2D eigenvalue weighted by molar-refractivity contribution is -0.114. The summed E-state index contributed by atoms with van der Waals surface area (Å²) in [6.07, 6.45) is 3.63. The number of amides is 3. The van der Waals surface area contributed by atoms with Gasteiger partial charge in [0.1, 0.15) is 0 Å². The van der Waals surface area contributed by atoms with Crippen LogP contribution in [0.4, 0.5) is 5.69 Å². The maximum Gasteiger partial charge on any atom is 0.261 e. The molecule has 0 fully saturated rings. The number of benzene rings is 2. The largest absolute Gasteiger partial charge is 0.330 e. The SMILES string of the molecule is NCCCCNCCCCN1C(=O)c2cccc3cc(NC(=O)CN)cc(c23)C1=O. The fourth-order valence-corrected chi connectivity index (χ4v) is 3.68. The monoisotopic (exact) mass is 411 g/mol. The van der Waals surface area contributed by atoms with Crippen LogP contribution in [-0.4, -0.2) is 55.3 Å². The van der Waals surface area contributed by atoms with E-state index in [0.29, 0.717) is 35.3 Å². The molecular weight excluding hydrogens is 382 g/mol.